The molecule has 0 amide bonds. The summed E-state index contributed by atoms with van der Waals surface area (Å²) in [5, 5.41) is 0. The summed E-state index contributed by atoms with van der Waals surface area (Å²) in [4.78, 5) is 11.9. The highest BCUT2D eigenvalue weighted by Gasteiger charge is 2.28. The number of aromatic nitrogens is 1. The van der Waals surface area contributed by atoms with Gasteiger partial charge in [-0.25, -0.2) is 8.42 Å². The van der Waals surface area contributed by atoms with Crippen molar-refractivity contribution in [3.63, 3.8) is 0 Å². The van der Waals surface area contributed by atoms with Crippen LogP contribution in [-0.4, -0.2) is 18.7 Å². The van der Waals surface area contributed by atoms with E-state index in [1.807, 2.05) is 0 Å². The zero-order valence-corrected chi connectivity index (χ0v) is 11.2. The van der Waals surface area contributed by atoms with Crippen molar-refractivity contribution >= 4 is 25.8 Å². The van der Waals surface area contributed by atoms with Gasteiger partial charge in [-0.1, -0.05) is 6.92 Å². The van der Waals surface area contributed by atoms with Crippen LogP contribution < -0.4 is 5.56 Å². The lowest BCUT2D eigenvalue weighted by Crippen LogP contribution is -2.25. The van der Waals surface area contributed by atoms with Crippen LogP contribution in [0.2, 0.25) is 0 Å². The van der Waals surface area contributed by atoms with Gasteiger partial charge < -0.3 is 4.57 Å². The van der Waals surface area contributed by atoms with Crippen LogP contribution in [0.15, 0.2) is 26.4 Å². The molecule has 0 aromatic carbocycles. The van der Waals surface area contributed by atoms with Crippen LogP contribution in [0.3, 0.4) is 0 Å². The molecule has 0 atom stereocenters. The molecule has 1 aromatic heterocycles. The number of pyridine rings is 1. The third-order valence-electron chi connectivity index (χ3n) is 2.63. The van der Waals surface area contributed by atoms with Crippen molar-refractivity contribution in [3.8, 4) is 0 Å². The van der Waals surface area contributed by atoms with Crippen molar-refractivity contribution in [1.82, 2.24) is 4.57 Å². The van der Waals surface area contributed by atoms with Crippen LogP contribution in [0.5, 0.6) is 0 Å². The first kappa shape index (κ1) is 11.9. The maximum Gasteiger partial charge on any atom is 0.269 e. The largest absolute Gasteiger partial charge is 0.310 e. The van der Waals surface area contributed by atoms with E-state index in [0.717, 1.165) is 12.8 Å². The predicted octanol–water partition coefficient (Wildman–Crippen LogP) is 1.74. The molecule has 1 heterocycles. The average molecular weight is 306 g/mol. The van der Waals surface area contributed by atoms with Gasteiger partial charge in [-0.05, 0) is 34.8 Å². The highest BCUT2D eigenvalue weighted by atomic mass is 79.9. The third kappa shape index (κ3) is 2.08. The number of hydrogen-bond acceptors (Lipinski definition) is 3. The number of rotatable bonds is 3. The molecule has 0 bridgehead atoms. The first-order chi connectivity index (χ1) is 7.45. The summed E-state index contributed by atoms with van der Waals surface area (Å²) in [6.45, 7) is 1.54. The monoisotopic (exact) mass is 305 g/mol. The molecular weight excluding hydrogens is 294 g/mol. The molecule has 1 saturated carbocycles. The summed E-state index contributed by atoms with van der Waals surface area (Å²) in [5.74, 6) is -0.0522. The fraction of sp³-hybridized carbons (Fsp3) is 0.500. The molecule has 1 aliphatic rings. The van der Waals surface area contributed by atoms with Crippen LogP contribution in [0.25, 0.3) is 0 Å². The number of hydrogen-bond donors (Lipinski definition) is 0. The van der Waals surface area contributed by atoms with Crippen molar-refractivity contribution in [3.05, 3.63) is 27.1 Å². The molecule has 4 nitrogen and oxygen atoms in total. The Morgan fingerprint density at radius 2 is 2.12 bits per heavy atom. The van der Waals surface area contributed by atoms with Gasteiger partial charge >= 0.3 is 0 Å². The van der Waals surface area contributed by atoms with E-state index in [2.05, 4.69) is 15.9 Å². The first-order valence-corrected chi connectivity index (χ1v) is 7.54. The molecule has 0 unspecified atom stereocenters. The molecule has 1 aliphatic carbocycles. The van der Waals surface area contributed by atoms with E-state index in [-0.39, 0.29) is 16.7 Å². The van der Waals surface area contributed by atoms with Crippen molar-refractivity contribution < 1.29 is 8.42 Å². The number of sulfone groups is 1. The molecule has 16 heavy (non-hydrogen) atoms. The predicted molar refractivity (Wildman–Crippen MR) is 64.4 cm³/mol. The first-order valence-electron chi connectivity index (χ1n) is 5.10. The van der Waals surface area contributed by atoms with E-state index in [4.69, 9.17) is 0 Å². The van der Waals surface area contributed by atoms with E-state index in [1.165, 1.54) is 17.6 Å². The Morgan fingerprint density at radius 3 is 2.62 bits per heavy atom. The van der Waals surface area contributed by atoms with Crippen molar-refractivity contribution in [1.29, 1.82) is 0 Å². The normalized spacial score (nSPS) is 16.4. The maximum absolute atomic E-state index is 12.0. The third-order valence-corrected chi connectivity index (χ3v) is 4.79. The Bertz CT molecular complexity index is 572. The topological polar surface area (TPSA) is 56.1 Å². The van der Waals surface area contributed by atoms with Gasteiger partial charge in [0.1, 0.15) is 4.90 Å². The minimum Gasteiger partial charge on any atom is -0.310 e. The molecule has 88 valence electrons. The quantitative estimate of drug-likeness (QED) is 0.855. The van der Waals surface area contributed by atoms with Gasteiger partial charge in [0.2, 0.25) is 0 Å². The zero-order valence-electron chi connectivity index (χ0n) is 8.81. The van der Waals surface area contributed by atoms with Crippen molar-refractivity contribution in [2.45, 2.75) is 30.7 Å². The van der Waals surface area contributed by atoms with Crippen molar-refractivity contribution in [2.75, 3.05) is 5.75 Å². The average Bonchev–Trinajstić information content (AvgIpc) is 3.04. The van der Waals surface area contributed by atoms with Crippen LogP contribution in [0, 0.1) is 0 Å². The van der Waals surface area contributed by atoms with Gasteiger partial charge in [0.25, 0.3) is 5.56 Å². The Hall–Kier alpha value is -0.620. The zero-order chi connectivity index (χ0) is 11.9. The summed E-state index contributed by atoms with van der Waals surface area (Å²) in [7, 11) is -3.44. The molecule has 0 radical (unpaired) electrons. The van der Waals surface area contributed by atoms with Gasteiger partial charge in [-0.3, -0.25) is 4.79 Å². The Balaban J connectivity index is 2.67. The highest BCUT2D eigenvalue weighted by Crippen LogP contribution is 2.34. The van der Waals surface area contributed by atoms with E-state index in [9.17, 15) is 13.2 Å². The van der Waals surface area contributed by atoms with Gasteiger partial charge in [0.15, 0.2) is 9.84 Å². The minimum atomic E-state index is -3.44. The second-order valence-electron chi connectivity index (χ2n) is 3.87. The minimum absolute atomic E-state index is 0.0522. The van der Waals surface area contributed by atoms with Crippen LogP contribution in [-0.2, 0) is 9.84 Å². The van der Waals surface area contributed by atoms with Crippen LogP contribution in [0.1, 0.15) is 25.8 Å². The van der Waals surface area contributed by atoms with Crippen LogP contribution >= 0.6 is 15.9 Å². The second-order valence-corrected chi connectivity index (χ2v) is 7.03. The molecular formula is C10H12BrNO3S. The smallest absolute Gasteiger partial charge is 0.269 e. The van der Waals surface area contributed by atoms with Crippen LogP contribution in [0.4, 0.5) is 0 Å². The molecule has 0 saturated heterocycles. The van der Waals surface area contributed by atoms with E-state index in [0.29, 0.717) is 4.47 Å². The second kappa shape index (κ2) is 4.00. The molecule has 1 aromatic rings. The van der Waals surface area contributed by atoms with Crippen molar-refractivity contribution in [2.24, 2.45) is 0 Å². The maximum atomic E-state index is 12.0. The molecule has 2 rings (SSSR count). The molecule has 0 N–H and O–H groups in total. The summed E-state index contributed by atoms with van der Waals surface area (Å²) in [5.41, 5.74) is -0.396. The van der Waals surface area contributed by atoms with E-state index in [1.54, 1.807) is 6.20 Å². The molecule has 1 fully saturated rings. The van der Waals surface area contributed by atoms with Gasteiger partial charge in [-0.2, -0.15) is 0 Å². The molecule has 0 aliphatic heterocycles. The van der Waals surface area contributed by atoms with E-state index < -0.39 is 15.4 Å². The fourth-order valence-corrected chi connectivity index (χ4v) is 3.14. The lowest BCUT2D eigenvalue weighted by molar-refractivity contribution is 0.591. The van der Waals surface area contributed by atoms with Gasteiger partial charge in [-0.15, -0.1) is 0 Å². The summed E-state index contributed by atoms with van der Waals surface area (Å²) < 4.78 is 25.6. The number of nitrogens with zero attached hydrogens (tertiary/aromatic N) is 1. The summed E-state index contributed by atoms with van der Waals surface area (Å²) >= 11 is 3.24. The SMILES string of the molecule is CCS(=O)(=O)c1cc(Br)cn(C2CC2)c1=O. The summed E-state index contributed by atoms with van der Waals surface area (Å²) in [6, 6.07) is 1.57. The standard InChI is InChI=1S/C10H12BrNO3S/c1-2-16(14,15)9-5-7(11)6-12(10(9)13)8-3-4-8/h5-6,8H,2-4H2,1H3. The van der Waals surface area contributed by atoms with Gasteiger partial charge in [0, 0.05) is 16.7 Å². The molecule has 6 heteroatoms. The molecule has 0 spiro atoms. The Morgan fingerprint density at radius 1 is 1.50 bits per heavy atom. The van der Waals surface area contributed by atoms with Gasteiger partial charge in [0.05, 0.1) is 5.75 Å². The Labute approximate surface area is 102 Å². The van der Waals surface area contributed by atoms with E-state index >= 15 is 0 Å². The number of halogens is 1. The Kier molecular flexibility index (Phi) is 2.96. The fourth-order valence-electron chi connectivity index (χ4n) is 1.55. The highest BCUT2D eigenvalue weighted by molar-refractivity contribution is 9.10. The summed E-state index contributed by atoms with van der Waals surface area (Å²) in [6.07, 6.45) is 3.55. The lowest BCUT2D eigenvalue weighted by atomic mass is 10.4. The lowest BCUT2D eigenvalue weighted by Gasteiger charge is -2.07.